The van der Waals surface area contributed by atoms with E-state index in [1.165, 1.54) is 4.31 Å². The minimum Gasteiger partial charge on any atom is -0.361 e. The number of benzene rings is 1. The smallest absolute Gasteiger partial charge is 0.254 e. The van der Waals surface area contributed by atoms with Crippen molar-refractivity contribution in [2.75, 3.05) is 26.2 Å². The van der Waals surface area contributed by atoms with Crippen LogP contribution in [-0.2, 0) is 30.9 Å². The van der Waals surface area contributed by atoms with Crippen molar-refractivity contribution in [1.82, 2.24) is 14.9 Å². The van der Waals surface area contributed by atoms with Crippen molar-refractivity contribution in [3.05, 3.63) is 35.9 Å². The summed E-state index contributed by atoms with van der Waals surface area (Å²) in [5, 5.41) is 4.88. The summed E-state index contributed by atoms with van der Waals surface area (Å²) in [5.74, 6) is -1.73. The van der Waals surface area contributed by atoms with Gasteiger partial charge in [-0.1, -0.05) is 30.3 Å². The van der Waals surface area contributed by atoms with Gasteiger partial charge >= 0.3 is 0 Å². The highest BCUT2D eigenvalue weighted by Gasteiger charge is 2.59. The Bertz CT molecular complexity index is 812. The molecule has 27 heavy (non-hydrogen) atoms. The summed E-state index contributed by atoms with van der Waals surface area (Å²) in [6, 6.07) is 9.38. The van der Waals surface area contributed by atoms with Gasteiger partial charge in [-0.25, -0.2) is 8.42 Å². The number of carbonyl (C=O) groups is 2. The summed E-state index contributed by atoms with van der Waals surface area (Å²) in [7, 11) is -3.62. The maximum Gasteiger partial charge on any atom is 0.254 e. The number of sulfonamides is 1. The third-order valence-corrected chi connectivity index (χ3v) is 7.26. The third-order valence-electron chi connectivity index (χ3n) is 5.07. The van der Waals surface area contributed by atoms with E-state index in [9.17, 15) is 18.0 Å². The SMILES string of the molecule is CC(C)S(=O)(=O)N1C[C@H](C(=O)NCc2ccccc2)[C@@]2(C1)OCCNC2=O. The van der Waals surface area contributed by atoms with Crippen LogP contribution >= 0.6 is 0 Å². The lowest BCUT2D eigenvalue weighted by atomic mass is 9.87. The largest absolute Gasteiger partial charge is 0.361 e. The van der Waals surface area contributed by atoms with Gasteiger partial charge in [0.1, 0.15) is 0 Å². The van der Waals surface area contributed by atoms with Crippen LogP contribution in [0.5, 0.6) is 0 Å². The lowest BCUT2D eigenvalue weighted by Crippen LogP contribution is -2.62. The molecule has 0 bridgehead atoms. The molecule has 2 heterocycles. The molecule has 2 saturated heterocycles. The fourth-order valence-corrected chi connectivity index (χ4v) is 4.80. The number of morpholine rings is 1. The second-order valence-corrected chi connectivity index (χ2v) is 9.63. The summed E-state index contributed by atoms with van der Waals surface area (Å²) in [6.45, 7) is 3.81. The highest BCUT2D eigenvalue weighted by molar-refractivity contribution is 7.89. The van der Waals surface area contributed by atoms with E-state index >= 15 is 0 Å². The van der Waals surface area contributed by atoms with Crippen LogP contribution in [0.1, 0.15) is 19.4 Å². The highest BCUT2D eigenvalue weighted by atomic mass is 32.2. The average Bonchev–Trinajstić information content (AvgIpc) is 3.04. The van der Waals surface area contributed by atoms with Crippen molar-refractivity contribution in [1.29, 1.82) is 0 Å². The molecule has 2 aliphatic rings. The van der Waals surface area contributed by atoms with Gasteiger partial charge in [0.15, 0.2) is 5.60 Å². The Hall–Kier alpha value is -1.97. The Balaban J connectivity index is 1.83. The van der Waals surface area contributed by atoms with Crippen molar-refractivity contribution in [3.63, 3.8) is 0 Å². The number of rotatable bonds is 5. The molecule has 2 aliphatic heterocycles. The zero-order chi connectivity index (χ0) is 19.7. The Morgan fingerprint density at radius 3 is 2.70 bits per heavy atom. The number of hydrogen-bond donors (Lipinski definition) is 2. The molecule has 0 saturated carbocycles. The van der Waals surface area contributed by atoms with Gasteiger partial charge < -0.3 is 15.4 Å². The van der Waals surface area contributed by atoms with E-state index in [0.717, 1.165) is 5.56 Å². The van der Waals surface area contributed by atoms with Gasteiger partial charge in [-0.05, 0) is 19.4 Å². The first-order valence-electron chi connectivity index (χ1n) is 9.00. The van der Waals surface area contributed by atoms with E-state index in [2.05, 4.69) is 10.6 Å². The molecule has 0 unspecified atom stereocenters. The monoisotopic (exact) mass is 395 g/mol. The Morgan fingerprint density at radius 1 is 1.37 bits per heavy atom. The Labute approximate surface area is 159 Å². The minimum atomic E-state index is -3.62. The quantitative estimate of drug-likeness (QED) is 0.722. The first-order chi connectivity index (χ1) is 12.8. The predicted octanol–water partition coefficient (Wildman–Crippen LogP) is -0.142. The summed E-state index contributed by atoms with van der Waals surface area (Å²) in [5.41, 5.74) is -0.570. The molecule has 2 amide bonds. The van der Waals surface area contributed by atoms with E-state index in [1.54, 1.807) is 13.8 Å². The number of nitrogens with one attached hydrogen (secondary N) is 2. The highest BCUT2D eigenvalue weighted by Crippen LogP contribution is 2.35. The van der Waals surface area contributed by atoms with E-state index in [4.69, 9.17) is 4.74 Å². The lowest BCUT2D eigenvalue weighted by Gasteiger charge is -2.36. The van der Waals surface area contributed by atoms with Gasteiger partial charge in [0.25, 0.3) is 5.91 Å². The molecule has 148 valence electrons. The number of amides is 2. The first-order valence-corrected chi connectivity index (χ1v) is 10.5. The number of hydrogen-bond acceptors (Lipinski definition) is 5. The molecule has 1 aromatic carbocycles. The summed E-state index contributed by atoms with van der Waals surface area (Å²) >= 11 is 0. The molecule has 3 rings (SSSR count). The predicted molar refractivity (Wildman–Crippen MR) is 99.1 cm³/mol. The zero-order valence-corrected chi connectivity index (χ0v) is 16.3. The van der Waals surface area contributed by atoms with Gasteiger partial charge in [-0.15, -0.1) is 0 Å². The van der Waals surface area contributed by atoms with Gasteiger partial charge in [-0.3, -0.25) is 9.59 Å². The molecule has 1 spiro atoms. The maximum absolute atomic E-state index is 12.9. The van der Waals surface area contributed by atoms with Crippen LogP contribution in [0.15, 0.2) is 30.3 Å². The Morgan fingerprint density at radius 2 is 2.07 bits per heavy atom. The van der Waals surface area contributed by atoms with Crippen LogP contribution in [0.25, 0.3) is 0 Å². The van der Waals surface area contributed by atoms with E-state index in [1.807, 2.05) is 30.3 Å². The standard InChI is InChI=1S/C18H25N3O5S/c1-13(2)27(24,25)21-11-15(18(12-21)17(23)19-8-9-26-18)16(22)20-10-14-6-4-3-5-7-14/h3-7,13,15H,8-12H2,1-2H3,(H,19,23)(H,20,22)/t15-,18-/m1/s1. The Kier molecular flexibility index (Phi) is 5.55. The summed E-state index contributed by atoms with van der Waals surface area (Å²) < 4.78 is 32.2. The second-order valence-electron chi connectivity index (χ2n) is 7.14. The van der Waals surface area contributed by atoms with Crippen LogP contribution in [0, 0.1) is 5.92 Å². The second kappa shape index (κ2) is 7.57. The summed E-state index contributed by atoms with van der Waals surface area (Å²) in [6.07, 6.45) is 0. The van der Waals surface area contributed by atoms with Crippen molar-refractivity contribution in [3.8, 4) is 0 Å². The van der Waals surface area contributed by atoms with Crippen LogP contribution in [0.2, 0.25) is 0 Å². The van der Waals surface area contributed by atoms with Gasteiger partial charge in [0, 0.05) is 19.6 Å². The first kappa shape index (κ1) is 19.8. The molecule has 1 aromatic rings. The van der Waals surface area contributed by atoms with Crippen LogP contribution < -0.4 is 10.6 Å². The summed E-state index contributed by atoms with van der Waals surface area (Å²) in [4.78, 5) is 25.5. The van der Waals surface area contributed by atoms with Crippen LogP contribution in [0.4, 0.5) is 0 Å². The van der Waals surface area contributed by atoms with Crippen LogP contribution in [-0.4, -0.2) is 61.6 Å². The number of ether oxygens (including phenoxy) is 1. The van der Waals surface area contributed by atoms with E-state index < -0.39 is 38.6 Å². The molecule has 2 atom stereocenters. The molecule has 0 aliphatic carbocycles. The molecule has 0 aromatic heterocycles. The fraction of sp³-hybridized carbons (Fsp3) is 0.556. The van der Waals surface area contributed by atoms with Gasteiger partial charge in [-0.2, -0.15) is 4.31 Å². The topological polar surface area (TPSA) is 105 Å². The van der Waals surface area contributed by atoms with Gasteiger partial charge in [0.05, 0.1) is 24.3 Å². The maximum atomic E-state index is 12.9. The molecular formula is C18H25N3O5S. The molecule has 8 nitrogen and oxygen atoms in total. The molecular weight excluding hydrogens is 370 g/mol. The third kappa shape index (κ3) is 3.71. The number of nitrogens with zero attached hydrogens (tertiary/aromatic N) is 1. The van der Waals surface area contributed by atoms with Crippen molar-refractivity contribution >= 4 is 21.8 Å². The van der Waals surface area contributed by atoms with Crippen LogP contribution in [0.3, 0.4) is 0 Å². The normalized spacial score (nSPS) is 26.3. The van der Waals surface area contributed by atoms with E-state index in [0.29, 0.717) is 13.1 Å². The van der Waals surface area contributed by atoms with E-state index in [-0.39, 0.29) is 19.7 Å². The average molecular weight is 395 g/mol. The lowest BCUT2D eigenvalue weighted by molar-refractivity contribution is -0.163. The molecule has 0 radical (unpaired) electrons. The molecule has 2 N–H and O–H groups in total. The van der Waals surface area contributed by atoms with Crippen molar-refractivity contribution < 1.29 is 22.7 Å². The minimum absolute atomic E-state index is 0.0748. The molecule has 9 heteroatoms. The van der Waals surface area contributed by atoms with Gasteiger partial charge in [0.2, 0.25) is 15.9 Å². The zero-order valence-electron chi connectivity index (χ0n) is 15.5. The van der Waals surface area contributed by atoms with Crippen molar-refractivity contribution in [2.24, 2.45) is 5.92 Å². The van der Waals surface area contributed by atoms with Crippen molar-refractivity contribution in [2.45, 2.75) is 31.2 Å². The molecule has 2 fully saturated rings. The number of carbonyl (C=O) groups excluding carboxylic acids is 2. The fourth-order valence-electron chi connectivity index (χ4n) is 3.47.